The minimum absolute atomic E-state index is 0.0866. The van der Waals surface area contributed by atoms with Gasteiger partial charge in [0.05, 0.1) is 6.04 Å². The average molecular weight is 440 g/mol. The van der Waals surface area contributed by atoms with Crippen molar-refractivity contribution in [3.63, 3.8) is 0 Å². The highest BCUT2D eigenvalue weighted by molar-refractivity contribution is 6.30. The van der Waals surface area contributed by atoms with Gasteiger partial charge in [-0.05, 0) is 56.6 Å². The molecule has 2 aromatic carbocycles. The molecule has 1 atom stereocenters. The van der Waals surface area contributed by atoms with E-state index in [2.05, 4.69) is 47.3 Å². The van der Waals surface area contributed by atoms with Crippen LogP contribution in [-0.2, 0) is 0 Å². The van der Waals surface area contributed by atoms with Gasteiger partial charge in [-0.1, -0.05) is 35.9 Å². The Hall–Kier alpha value is -2.34. The van der Waals surface area contributed by atoms with Crippen LogP contribution in [0.1, 0.15) is 38.9 Å². The number of piperazine rings is 1. The Morgan fingerprint density at radius 2 is 1.71 bits per heavy atom. The molecule has 1 amide bonds. The first-order valence-corrected chi connectivity index (χ1v) is 11.2. The van der Waals surface area contributed by atoms with Crippen LogP contribution >= 0.6 is 11.6 Å². The van der Waals surface area contributed by atoms with Gasteiger partial charge in [0.1, 0.15) is 5.58 Å². The summed E-state index contributed by atoms with van der Waals surface area (Å²) in [6.45, 7) is 10.5. The number of hydrogen-bond acceptors (Lipinski definition) is 4. The molecular formula is C25H30ClN3O2. The Kier molecular flexibility index (Phi) is 6.37. The van der Waals surface area contributed by atoms with Crippen LogP contribution in [0, 0.1) is 20.8 Å². The summed E-state index contributed by atoms with van der Waals surface area (Å²) in [4.78, 5) is 17.9. The molecular weight excluding hydrogens is 410 g/mol. The monoisotopic (exact) mass is 439 g/mol. The smallest absolute Gasteiger partial charge is 0.287 e. The van der Waals surface area contributed by atoms with E-state index in [1.54, 1.807) is 0 Å². The summed E-state index contributed by atoms with van der Waals surface area (Å²) in [5.74, 6) is 0.232. The van der Waals surface area contributed by atoms with Gasteiger partial charge in [0.15, 0.2) is 5.76 Å². The first-order chi connectivity index (χ1) is 14.8. The standard InChI is InChI=1S/C25H30ClN3O2/c1-16-5-10-21-18(3)24(31-23(21)17(16)2)25(30)27-15-22(19-6-8-20(26)9-7-19)29-13-11-28(4)12-14-29/h5-10,22H,11-15H2,1-4H3,(H,27,30)/t22-/m1/s1. The fourth-order valence-electron chi connectivity index (χ4n) is 4.28. The largest absolute Gasteiger partial charge is 0.450 e. The predicted octanol–water partition coefficient (Wildman–Crippen LogP) is 4.73. The summed E-state index contributed by atoms with van der Waals surface area (Å²) in [5.41, 5.74) is 5.08. The van der Waals surface area contributed by atoms with Crippen molar-refractivity contribution in [2.75, 3.05) is 39.8 Å². The molecule has 0 unspecified atom stereocenters. The van der Waals surface area contributed by atoms with E-state index in [-0.39, 0.29) is 11.9 Å². The lowest BCUT2D eigenvalue weighted by Gasteiger charge is -2.38. The highest BCUT2D eigenvalue weighted by atomic mass is 35.5. The first-order valence-electron chi connectivity index (χ1n) is 10.8. The van der Waals surface area contributed by atoms with Crippen LogP contribution in [0.25, 0.3) is 11.0 Å². The molecule has 0 radical (unpaired) electrons. The molecule has 0 saturated carbocycles. The second kappa shape index (κ2) is 9.03. The molecule has 5 nitrogen and oxygen atoms in total. The molecule has 1 saturated heterocycles. The van der Waals surface area contributed by atoms with Crippen LogP contribution in [0.3, 0.4) is 0 Å². The fourth-order valence-corrected chi connectivity index (χ4v) is 4.41. The van der Waals surface area contributed by atoms with E-state index in [0.717, 1.165) is 59.4 Å². The van der Waals surface area contributed by atoms with Gasteiger partial charge in [-0.15, -0.1) is 0 Å². The van der Waals surface area contributed by atoms with Gasteiger partial charge in [-0.3, -0.25) is 9.69 Å². The number of carbonyl (C=O) groups excluding carboxylic acids is 1. The van der Waals surface area contributed by atoms with E-state index in [9.17, 15) is 4.79 Å². The normalized spacial score (nSPS) is 16.5. The van der Waals surface area contributed by atoms with Crippen molar-refractivity contribution in [1.29, 1.82) is 0 Å². The minimum atomic E-state index is -0.168. The predicted molar refractivity (Wildman–Crippen MR) is 126 cm³/mol. The molecule has 4 rings (SSSR count). The van der Waals surface area contributed by atoms with Crippen molar-refractivity contribution in [1.82, 2.24) is 15.1 Å². The lowest BCUT2D eigenvalue weighted by Crippen LogP contribution is -2.48. The van der Waals surface area contributed by atoms with Crippen LogP contribution < -0.4 is 5.32 Å². The molecule has 1 aliphatic rings. The average Bonchev–Trinajstić information content (AvgIpc) is 3.10. The number of likely N-dealkylation sites (N-methyl/N-ethyl adjacent to an activating group) is 1. The Labute approximate surface area is 189 Å². The zero-order chi connectivity index (χ0) is 22.1. The quantitative estimate of drug-likeness (QED) is 0.624. The van der Waals surface area contributed by atoms with Crippen molar-refractivity contribution < 1.29 is 9.21 Å². The molecule has 1 aromatic heterocycles. The van der Waals surface area contributed by atoms with Crippen LogP contribution in [0.4, 0.5) is 0 Å². The van der Waals surface area contributed by atoms with Crippen molar-refractivity contribution in [2.45, 2.75) is 26.8 Å². The molecule has 1 aliphatic heterocycles. The third-order valence-electron chi connectivity index (χ3n) is 6.52. The van der Waals surface area contributed by atoms with Crippen LogP contribution in [0.5, 0.6) is 0 Å². The van der Waals surface area contributed by atoms with Crippen molar-refractivity contribution in [3.8, 4) is 0 Å². The maximum atomic E-state index is 13.1. The van der Waals surface area contributed by atoms with Crippen LogP contribution in [0.15, 0.2) is 40.8 Å². The van der Waals surface area contributed by atoms with Gasteiger partial charge in [0.2, 0.25) is 0 Å². The fraction of sp³-hybridized carbons (Fsp3) is 0.400. The van der Waals surface area contributed by atoms with E-state index >= 15 is 0 Å². The summed E-state index contributed by atoms with van der Waals surface area (Å²) in [6.07, 6.45) is 0. The zero-order valence-corrected chi connectivity index (χ0v) is 19.4. The molecule has 1 N–H and O–H groups in total. The number of carbonyl (C=O) groups is 1. The number of rotatable bonds is 5. The molecule has 1 fully saturated rings. The van der Waals surface area contributed by atoms with Crippen molar-refractivity contribution >= 4 is 28.5 Å². The molecule has 0 aliphatic carbocycles. The number of hydrogen-bond donors (Lipinski definition) is 1. The van der Waals surface area contributed by atoms with Gasteiger partial charge in [0, 0.05) is 48.7 Å². The zero-order valence-electron chi connectivity index (χ0n) is 18.7. The number of benzene rings is 2. The van der Waals surface area contributed by atoms with Gasteiger partial charge < -0.3 is 14.6 Å². The Bertz CT molecular complexity index is 1080. The van der Waals surface area contributed by atoms with E-state index in [1.807, 2.05) is 32.0 Å². The van der Waals surface area contributed by atoms with Gasteiger partial charge in [-0.25, -0.2) is 0 Å². The van der Waals surface area contributed by atoms with E-state index in [1.165, 1.54) is 0 Å². The SMILES string of the molecule is Cc1ccc2c(C)c(C(=O)NC[C@H](c3ccc(Cl)cc3)N3CCN(C)CC3)oc2c1C. The third kappa shape index (κ3) is 4.49. The number of halogens is 1. The van der Waals surface area contributed by atoms with Crippen molar-refractivity contribution in [3.05, 3.63) is 69.4 Å². The van der Waals surface area contributed by atoms with Gasteiger partial charge in [-0.2, -0.15) is 0 Å². The Morgan fingerprint density at radius 3 is 2.39 bits per heavy atom. The topological polar surface area (TPSA) is 48.7 Å². The molecule has 0 bridgehead atoms. The minimum Gasteiger partial charge on any atom is -0.450 e. The second-order valence-electron chi connectivity index (χ2n) is 8.56. The second-order valence-corrected chi connectivity index (χ2v) is 8.99. The van der Waals surface area contributed by atoms with Crippen LogP contribution in [-0.4, -0.2) is 55.5 Å². The maximum absolute atomic E-state index is 13.1. The molecule has 31 heavy (non-hydrogen) atoms. The molecule has 2 heterocycles. The summed E-state index contributed by atoms with van der Waals surface area (Å²) < 4.78 is 6.04. The number of amides is 1. The lowest BCUT2D eigenvalue weighted by molar-refractivity contribution is 0.0864. The molecule has 164 valence electrons. The number of aryl methyl sites for hydroxylation is 3. The number of furan rings is 1. The number of fused-ring (bicyclic) bond motifs is 1. The summed E-state index contributed by atoms with van der Waals surface area (Å²) in [7, 11) is 2.14. The first kappa shape index (κ1) is 21.9. The summed E-state index contributed by atoms with van der Waals surface area (Å²) in [5, 5.41) is 4.85. The summed E-state index contributed by atoms with van der Waals surface area (Å²) >= 11 is 6.11. The van der Waals surface area contributed by atoms with E-state index in [4.69, 9.17) is 16.0 Å². The highest BCUT2D eigenvalue weighted by Crippen LogP contribution is 2.30. The number of nitrogens with zero attached hydrogens (tertiary/aromatic N) is 2. The van der Waals surface area contributed by atoms with Crippen LogP contribution in [0.2, 0.25) is 5.02 Å². The van der Waals surface area contributed by atoms with Gasteiger partial charge >= 0.3 is 0 Å². The van der Waals surface area contributed by atoms with Crippen molar-refractivity contribution in [2.24, 2.45) is 0 Å². The highest BCUT2D eigenvalue weighted by Gasteiger charge is 2.26. The third-order valence-corrected chi connectivity index (χ3v) is 6.77. The lowest BCUT2D eigenvalue weighted by atomic mass is 10.0. The summed E-state index contributed by atoms with van der Waals surface area (Å²) in [6, 6.07) is 12.1. The maximum Gasteiger partial charge on any atom is 0.287 e. The Morgan fingerprint density at radius 1 is 1.03 bits per heavy atom. The molecule has 6 heteroatoms. The molecule has 0 spiro atoms. The van der Waals surface area contributed by atoms with E-state index < -0.39 is 0 Å². The Balaban J connectivity index is 1.56. The molecule has 3 aromatic rings. The van der Waals surface area contributed by atoms with Gasteiger partial charge in [0.25, 0.3) is 5.91 Å². The van der Waals surface area contributed by atoms with E-state index in [0.29, 0.717) is 17.3 Å². The number of nitrogens with one attached hydrogen (secondary N) is 1.